The lowest BCUT2D eigenvalue weighted by atomic mass is 10.2. The van der Waals surface area contributed by atoms with E-state index in [1.54, 1.807) is 23.1 Å². The van der Waals surface area contributed by atoms with Crippen molar-refractivity contribution >= 4 is 39.6 Å². The number of hydrogen-bond donors (Lipinski definition) is 1. The van der Waals surface area contributed by atoms with E-state index in [1.165, 1.54) is 5.00 Å². The van der Waals surface area contributed by atoms with Crippen molar-refractivity contribution in [2.75, 3.05) is 49.6 Å². The molecule has 4 nitrogen and oxygen atoms in total. The van der Waals surface area contributed by atoms with Crippen LogP contribution in [0.5, 0.6) is 0 Å². The molecule has 0 bridgehead atoms. The molecular formula is C15H23N3OS2. The molecule has 2 aliphatic rings. The van der Waals surface area contributed by atoms with Crippen molar-refractivity contribution < 1.29 is 4.79 Å². The second kappa shape index (κ2) is 6.18. The van der Waals surface area contributed by atoms with Crippen molar-refractivity contribution in [2.24, 2.45) is 5.92 Å². The van der Waals surface area contributed by atoms with Crippen molar-refractivity contribution in [3.8, 4) is 0 Å². The normalized spacial score (nSPS) is 20.0. The number of ketones is 1. The van der Waals surface area contributed by atoms with Gasteiger partial charge in [0.15, 0.2) is 5.78 Å². The van der Waals surface area contributed by atoms with Crippen molar-refractivity contribution in [3.63, 3.8) is 0 Å². The van der Waals surface area contributed by atoms with E-state index in [0.717, 1.165) is 61.0 Å². The lowest BCUT2D eigenvalue weighted by molar-refractivity contribution is 0.0972. The average molecular weight is 326 g/mol. The first kappa shape index (κ1) is 15.2. The zero-order valence-electron chi connectivity index (χ0n) is 12.7. The fourth-order valence-corrected chi connectivity index (χ4v) is 5.06. The molecule has 0 aromatic carbocycles. The highest BCUT2D eigenvalue weighted by molar-refractivity contribution is 7.99. The Hall–Kier alpha value is -0.720. The summed E-state index contributed by atoms with van der Waals surface area (Å²) in [5.41, 5.74) is 6.99. The van der Waals surface area contributed by atoms with Crippen LogP contribution in [-0.2, 0) is 0 Å². The number of thioether (sulfide) groups is 1. The van der Waals surface area contributed by atoms with Gasteiger partial charge in [-0.05, 0) is 25.6 Å². The minimum absolute atomic E-state index is 0.241. The van der Waals surface area contributed by atoms with E-state index in [0.29, 0.717) is 0 Å². The molecule has 116 valence electrons. The van der Waals surface area contributed by atoms with Gasteiger partial charge in [-0.2, -0.15) is 0 Å². The number of rotatable bonds is 5. The Morgan fingerprint density at radius 3 is 2.52 bits per heavy atom. The first-order valence-corrected chi connectivity index (χ1v) is 9.67. The van der Waals surface area contributed by atoms with Crippen LogP contribution in [-0.4, -0.2) is 49.7 Å². The summed E-state index contributed by atoms with van der Waals surface area (Å²) >= 11 is 3.29. The lowest BCUT2D eigenvalue weighted by Gasteiger charge is -2.35. The van der Waals surface area contributed by atoms with E-state index in [-0.39, 0.29) is 11.7 Å². The minimum atomic E-state index is 0.241. The van der Waals surface area contributed by atoms with E-state index >= 15 is 0 Å². The first-order valence-electron chi connectivity index (χ1n) is 7.63. The fourth-order valence-electron chi connectivity index (χ4n) is 2.80. The van der Waals surface area contributed by atoms with Gasteiger partial charge in [0.25, 0.3) is 0 Å². The molecule has 2 fully saturated rings. The summed E-state index contributed by atoms with van der Waals surface area (Å²) in [6.45, 7) is 7.55. The summed E-state index contributed by atoms with van der Waals surface area (Å²) < 4.78 is 0. The molecule has 0 radical (unpaired) electrons. The van der Waals surface area contributed by atoms with Gasteiger partial charge in [0.05, 0.1) is 15.5 Å². The molecule has 0 atom stereocenters. The zero-order valence-corrected chi connectivity index (χ0v) is 14.4. The van der Waals surface area contributed by atoms with Crippen LogP contribution < -0.4 is 10.6 Å². The van der Waals surface area contributed by atoms with Gasteiger partial charge in [0.2, 0.25) is 0 Å². The third-order valence-corrected chi connectivity index (χ3v) is 6.60. The Morgan fingerprint density at radius 2 is 2.00 bits per heavy atom. The van der Waals surface area contributed by atoms with Gasteiger partial charge in [-0.25, -0.2) is 0 Å². The van der Waals surface area contributed by atoms with Crippen LogP contribution in [0.2, 0.25) is 0 Å². The highest BCUT2D eigenvalue weighted by atomic mass is 32.2. The van der Waals surface area contributed by atoms with Crippen molar-refractivity contribution in [1.82, 2.24) is 4.90 Å². The van der Waals surface area contributed by atoms with Gasteiger partial charge >= 0.3 is 0 Å². The lowest BCUT2D eigenvalue weighted by Crippen LogP contribution is -2.46. The molecular weight excluding hydrogens is 302 g/mol. The molecule has 21 heavy (non-hydrogen) atoms. The SMILES string of the molecule is CCN1CCN(c2sc(C(=O)C3CC3)c(N)c2SC)CC1. The molecule has 1 aromatic heterocycles. The molecule has 1 aliphatic carbocycles. The molecule has 3 rings (SSSR count). The van der Waals surface area contributed by atoms with Gasteiger partial charge in [-0.3, -0.25) is 4.79 Å². The average Bonchev–Trinajstić information content (AvgIpc) is 3.30. The predicted molar refractivity (Wildman–Crippen MR) is 91.9 cm³/mol. The molecule has 0 spiro atoms. The number of thiophene rings is 1. The number of Topliss-reactive ketones (excluding diaryl/α,β-unsaturated/α-hetero) is 1. The van der Waals surface area contributed by atoms with E-state index in [9.17, 15) is 4.79 Å². The summed E-state index contributed by atoms with van der Waals surface area (Å²) in [6, 6.07) is 0. The fraction of sp³-hybridized carbons (Fsp3) is 0.667. The monoisotopic (exact) mass is 325 g/mol. The highest BCUT2D eigenvalue weighted by Crippen LogP contribution is 2.47. The largest absolute Gasteiger partial charge is 0.396 e. The zero-order chi connectivity index (χ0) is 15.0. The Labute approximate surface area is 134 Å². The molecule has 6 heteroatoms. The molecule has 2 heterocycles. The van der Waals surface area contributed by atoms with Crippen molar-refractivity contribution in [2.45, 2.75) is 24.7 Å². The number of likely N-dealkylation sites (N-methyl/N-ethyl adjacent to an activating group) is 1. The van der Waals surface area contributed by atoms with Crippen LogP contribution in [0.4, 0.5) is 10.7 Å². The van der Waals surface area contributed by atoms with Crippen LogP contribution in [0.25, 0.3) is 0 Å². The second-order valence-electron chi connectivity index (χ2n) is 5.74. The highest BCUT2D eigenvalue weighted by Gasteiger charge is 2.35. The third kappa shape index (κ3) is 2.94. The Bertz CT molecular complexity index is 531. The number of carbonyl (C=O) groups is 1. The van der Waals surface area contributed by atoms with Crippen molar-refractivity contribution in [1.29, 1.82) is 0 Å². The van der Waals surface area contributed by atoms with Gasteiger partial charge < -0.3 is 15.5 Å². The summed E-state index contributed by atoms with van der Waals surface area (Å²) in [5.74, 6) is 0.511. The Balaban J connectivity index is 1.84. The Kier molecular flexibility index (Phi) is 4.47. The summed E-state index contributed by atoms with van der Waals surface area (Å²) in [5, 5.41) is 1.21. The maximum absolute atomic E-state index is 12.4. The maximum atomic E-state index is 12.4. The van der Waals surface area contributed by atoms with Crippen LogP contribution >= 0.6 is 23.1 Å². The summed E-state index contributed by atoms with van der Waals surface area (Å²) in [4.78, 5) is 19.2. The summed E-state index contributed by atoms with van der Waals surface area (Å²) in [7, 11) is 0. The smallest absolute Gasteiger partial charge is 0.178 e. The number of carbonyl (C=O) groups excluding carboxylic acids is 1. The predicted octanol–water partition coefficient (Wildman–Crippen LogP) is 2.79. The van der Waals surface area contributed by atoms with Crippen LogP contribution in [0.1, 0.15) is 29.4 Å². The van der Waals surface area contributed by atoms with Crippen LogP contribution in [0, 0.1) is 5.92 Å². The molecule has 1 aromatic rings. The molecule has 1 saturated carbocycles. The molecule has 0 amide bonds. The molecule has 2 N–H and O–H groups in total. The summed E-state index contributed by atoms with van der Waals surface area (Å²) in [6.07, 6.45) is 4.13. The second-order valence-corrected chi connectivity index (χ2v) is 7.56. The third-order valence-electron chi connectivity index (χ3n) is 4.37. The first-order chi connectivity index (χ1) is 10.2. The quantitative estimate of drug-likeness (QED) is 0.666. The molecule has 1 aliphatic heterocycles. The number of anilines is 2. The maximum Gasteiger partial charge on any atom is 0.178 e. The van der Waals surface area contributed by atoms with Crippen LogP contribution in [0.3, 0.4) is 0 Å². The van der Waals surface area contributed by atoms with E-state index in [4.69, 9.17) is 5.73 Å². The standard InChI is InChI=1S/C15H23N3OS2/c1-3-17-6-8-18(9-7-17)15-14(20-2)11(16)13(21-15)12(19)10-4-5-10/h10H,3-9,16H2,1-2H3. The Morgan fingerprint density at radius 1 is 1.33 bits per heavy atom. The molecule has 0 unspecified atom stereocenters. The molecule has 1 saturated heterocycles. The minimum Gasteiger partial charge on any atom is -0.396 e. The number of nitrogens with zero attached hydrogens (tertiary/aromatic N) is 2. The van der Waals surface area contributed by atoms with Gasteiger partial charge in [-0.1, -0.05) is 6.92 Å². The van der Waals surface area contributed by atoms with Gasteiger partial charge in [-0.15, -0.1) is 23.1 Å². The van der Waals surface area contributed by atoms with Gasteiger partial charge in [0.1, 0.15) is 5.00 Å². The van der Waals surface area contributed by atoms with Crippen LogP contribution in [0.15, 0.2) is 4.90 Å². The number of nitrogens with two attached hydrogens (primary N) is 1. The van der Waals surface area contributed by atoms with Crippen molar-refractivity contribution in [3.05, 3.63) is 4.88 Å². The van der Waals surface area contributed by atoms with E-state index in [2.05, 4.69) is 23.0 Å². The topological polar surface area (TPSA) is 49.6 Å². The number of hydrogen-bond acceptors (Lipinski definition) is 6. The number of piperazine rings is 1. The number of nitrogen functional groups attached to an aromatic ring is 1. The van der Waals surface area contributed by atoms with Gasteiger partial charge in [0, 0.05) is 32.1 Å². The van der Waals surface area contributed by atoms with E-state index < -0.39 is 0 Å². The van der Waals surface area contributed by atoms with E-state index in [1.807, 2.05) is 0 Å².